The second-order valence-electron chi connectivity index (χ2n) is 9.34. The number of hydrogen-bond acceptors (Lipinski definition) is 4. The van der Waals surface area contributed by atoms with Gasteiger partial charge in [-0.15, -0.1) is 23.2 Å². The van der Waals surface area contributed by atoms with Crippen LogP contribution in [0.3, 0.4) is 0 Å². The zero-order chi connectivity index (χ0) is 25.2. The van der Waals surface area contributed by atoms with Crippen molar-refractivity contribution in [2.45, 2.75) is 22.8 Å². The highest BCUT2D eigenvalue weighted by molar-refractivity contribution is 9.10. The van der Waals surface area contributed by atoms with E-state index in [9.17, 15) is 14.4 Å². The van der Waals surface area contributed by atoms with Gasteiger partial charge >= 0.3 is 5.97 Å². The van der Waals surface area contributed by atoms with Crippen molar-refractivity contribution in [1.29, 1.82) is 0 Å². The molecular weight excluding hydrogens is 565 g/mol. The Balaban J connectivity index is 1.28. The van der Waals surface area contributed by atoms with Crippen LogP contribution in [-0.2, 0) is 35.5 Å². The molecule has 0 N–H and O–H groups in total. The second-order valence-corrected chi connectivity index (χ2v) is 11.4. The molecule has 8 heteroatoms. The highest BCUT2D eigenvalue weighted by Crippen LogP contribution is 2.69. The lowest BCUT2D eigenvalue weighted by Crippen LogP contribution is -2.57. The summed E-state index contributed by atoms with van der Waals surface area (Å²) in [5, 5.41) is 0. The predicted molar refractivity (Wildman–Crippen MR) is 138 cm³/mol. The van der Waals surface area contributed by atoms with Crippen molar-refractivity contribution in [3.8, 4) is 0 Å². The van der Waals surface area contributed by atoms with Gasteiger partial charge in [0.1, 0.15) is 16.4 Å². The molecular formula is C28H20BrCl2NO4. The Morgan fingerprint density at radius 1 is 0.806 bits per heavy atom. The van der Waals surface area contributed by atoms with Crippen LogP contribution in [-0.4, -0.2) is 29.2 Å². The van der Waals surface area contributed by atoms with Crippen molar-refractivity contribution in [3.63, 3.8) is 0 Å². The summed E-state index contributed by atoms with van der Waals surface area (Å²) in [5.74, 6) is -3.05. The molecule has 3 aliphatic carbocycles. The van der Waals surface area contributed by atoms with E-state index in [-0.39, 0.29) is 19.6 Å². The predicted octanol–water partition coefficient (Wildman–Crippen LogP) is 5.48. The van der Waals surface area contributed by atoms with Crippen molar-refractivity contribution in [2.75, 3.05) is 6.54 Å². The maximum absolute atomic E-state index is 13.7. The van der Waals surface area contributed by atoms with Crippen molar-refractivity contribution in [3.05, 3.63) is 105 Å². The summed E-state index contributed by atoms with van der Waals surface area (Å²) >= 11 is 18.1. The van der Waals surface area contributed by atoms with Crippen LogP contribution in [0.15, 0.2) is 77.3 Å². The Labute approximate surface area is 226 Å². The van der Waals surface area contributed by atoms with Gasteiger partial charge in [0.25, 0.3) is 0 Å². The van der Waals surface area contributed by atoms with E-state index in [1.165, 1.54) is 0 Å². The number of carbonyl (C=O) groups excluding carboxylic acids is 3. The molecule has 0 saturated carbocycles. The number of esters is 1. The van der Waals surface area contributed by atoms with E-state index in [2.05, 4.69) is 15.9 Å². The lowest BCUT2D eigenvalue weighted by molar-refractivity contribution is -0.146. The highest BCUT2D eigenvalue weighted by Gasteiger charge is 2.72. The van der Waals surface area contributed by atoms with Gasteiger partial charge in [0.2, 0.25) is 11.8 Å². The molecule has 7 rings (SSSR count). The van der Waals surface area contributed by atoms with Gasteiger partial charge in [-0.2, -0.15) is 0 Å². The first kappa shape index (κ1) is 23.7. The molecule has 2 amide bonds. The summed E-state index contributed by atoms with van der Waals surface area (Å²) in [4.78, 5) is 38.6. The lowest BCUT2D eigenvalue weighted by Gasteiger charge is -2.54. The van der Waals surface area contributed by atoms with Crippen molar-refractivity contribution >= 4 is 56.9 Å². The van der Waals surface area contributed by atoms with Crippen LogP contribution in [0.5, 0.6) is 0 Å². The first-order chi connectivity index (χ1) is 17.3. The monoisotopic (exact) mass is 583 g/mol. The van der Waals surface area contributed by atoms with E-state index in [0.717, 1.165) is 37.2 Å². The first-order valence-electron chi connectivity index (χ1n) is 11.6. The summed E-state index contributed by atoms with van der Waals surface area (Å²) in [6, 6.07) is 22.4. The molecule has 1 heterocycles. The number of amides is 2. The van der Waals surface area contributed by atoms with Crippen molar-refractivity contribution in [2.24, 2.45) is 11.8 Å². The summed E-state index contributed by atoms with van der Waals surface area (Å²) in [7, 11) is 0. The number of alkyl halides is 2. The Morgan fingerprint density at radius 2 is 1.25 bits per heavy atom. The van der Waals surface area contributed by atoms with Crippen molar-refractivity contribution < 1.29 is 19.1 Å². The fourth-order valence-corrected chi connectivity index (χ4v) is 7.33. The normalized spacial score (nSPS) is 27.5. The lowest BCUT2D eigenvalue weighted by atomic mass is 9.54. The molecule has 4 aliphatic rings. The van der Waals surface area contributed by atoms with E-state index in [1.807, 2.05) is 72.8 Å². The number of ether oxygens (including phenoxy) is 1. The summed E-state index contributed by atoms with van der Waals surface area (Å²) < 4.78 is 6.29. The Kier molecular flexibility index (Phi) is 5.56. The molecule has 182 valence electrons. The maximum Gasteiger partial charge on any atom is 0.307 e. The van der Waals surface area contributed by atoms with Crippen LogP contribution in [0.2, 0.25) is 0 Å². The fourth-order valence-electron chi connectivity index (χ4n) is 5.96. The van der Waals surface area contributed by atoms with E-state index < -0.39 is 39.4 Å². The third kappa shape index (κ3) is 3.17. The molecule has 0 radical (unpaired) electrons. The minimum absolute atomic E-state index is 0.0868. The van der Waals surface area contributed by atoms with E-state index in [0.29, 0.717) is 0 Å². The highest BCUT2D eigenvalue weighted by atomic mass is 79.9. The zero-order valence-corrected chi connectivity index (χ0v) is 22.0. The Bertz CT molecular complexity index is 1300. The minimum atomic E-state index is -1.22. The van der Waals surface area contributed by atoms with Gasteiger partial charge in [-0.1, -0.05) is 76.6 Å². The van der Waals surface area contributed by atoms with Gasteiger partial charge in [-0.25, -0.2) is 0 Å². The third-order valence-corrected chi connectivity index (χ3v) is 9.34. The van der Waals surface area contributed by atoms with Gasteiger partial charge in [-0.3, -0.25) is 19.3 Å². The summed E-state index contributed by atoms with van der Waals surface area (Å²) in [6.07, 6.45) is -0.113. The molecule has 3 aromatic rings. The average molecular weight is 585 g/mol. The van der Waals surface area contributed by atoms with Gasteiger partial charge < -0.3 is 4.74 Å². The molecule has 5 nitrogen and oxygen atoms in total. The number of hydrogen-bond donors (Lipinski definition) is 0. The number of imide groups is 1. The largest absolute Gasteiger partial charge is 0.461 e. The van der Waals surface area contributed by atoms with Gasteiger partial charge in [-0.05, 0) is 39.9 Å². The Morgan fingerprint density at radius 3 is 1.69 bits per heavy atom. The zero-order valence-electron chi connectivity index (χ0n) is 18.9. The first-order valence-corrected chi connectivity index (χ1v) is 13.2. The number of likely N-dealkylation sites (tertiary alicyclic amines) is 1. The fraction of sp³-hybridized carbons (Fsp3) is 0.250. The molecule has 0 aromatic heterocycles. The number of carbonyl (C=O) groups is 3. The minimum Gasteiger partial charge on any atom is -0.461 e. The number of halogens is 3. The number of rotatable bonds is 5. The van der Waals surface area contributed by atoms with Crippen LogP contribution in [0, 0.1) is 11.8 Å². The second kappa shape index (κ2) is 8.44. The van der Waals surface area contributed by atoms with E-state index in [4.69, 9.17) is 27.9 Å². The van der Waals surface area contributed by atoms with Crippen LogP contribution >= 0.6 is 39.1 Å². The van der Waals surface area contributed by atoms with Gasteiger partial charge in [0, 0.05) is 11.0 Å². The number of benzene rings is 3. The molecule has 0 unspecified atom stereocenters. The van der Waals surface area contributed by atoms with E-state index in [1.54, 1.807) is 0 Å². The van der Waals surface area contributed by atoms with Gasteiger partial charge in [0.15, 0.2) is 0 Å². The molecule has 0 spiro atoms. The van der Waals surface area contributed by atoms with Gasteiger partial charge in [0.05, 0.1) is 18.3 Å². The van der Waals surface area contributed by atoms with Crippen LogP contribution in [0.25, 0.3) is 0 Å². The Hall–Kier alpha value is -2.67. The van der Waals surface area contributed by atoms with Crippen molar-refractivity contribution in [1.82, 2.24) is 4.90 Å². The topological polar surface area (TPSA) is 63.7 Å². The average Bonchev–Trinajstić information content (AvgIpc) is 3.16. The standard InChI is InChI=1S/C28H20BrCl2NO4/c29-17-11-9-16(10-12-17)15-36-22(33)13-14-32-25(34)23-24(26(32)35)28(31)19-6-2-1-5-18(19)27(23,30)20-7-3-4-8-21(20)28/h1-12,23-24H,13-15H2/t23-,24-,27?,28?/m0/s1. The molecule has 1 fully saturated rings. The molecule has 2 bridgehead atoms. The molecule has 36 heavy (non-hydrogen) atoms. The van der Waals surface area contributed by atoms with E-state index >= 15 is 0 Å². The summed E-state index contributed by atoms with van der Waals surface area (Å²) in [6.45, 7) is 0.0237. The molecule has 2 atom stereocenters. The smallest absolute Gasteiger partial charge is 0.307 e. The maximum atomic E-state index is 13.7. The van der Waals surface area contributed by atoms with Crippen LogP contribution in [0.1, 0.15) is 34.2 Å². The molecule has 3 aromatic carbocycles. The van der Waals surface area contributed by atoms with Crippen LogP contribution in [0.4, 0.5) is 0 Å². The SMILES string of the molecule is O=C(CCN1C(=O)[C@@H]2[C@@H](C1=O)C1(Cl)c3ccccc3C2(Cl)c2ccccc21)OCc1ccc(Br)cc1. The van der Waals surface area contributed by atoms with Crippen LogP contribution < -0.4 is 0 Å². The quantitative estimate of drug-likeness (QED) is 0.226. The summed E-state index contributed by atoms with van der Waals surface area (Å²) in [5.41, 5.74) is 3.83. The third-order valence-electron chi connectivity index (χ3n) is 7.53. The molecule has 1 saturated heterocycles. The molecule has 1 aliphatic heterocycles. The number of nitrogens with zero attached hydrogens (tertiary/aromatic N) is 1.